The third-order valence-corrected chi connectivity index (χ3v) is 3.01. The number of nitrogen functional groups attached to an aromatic ring is 1. The van der Waals surface area contributed by atoms with Gasteiger partial charge in [-0.2, -0.15) is 0 Å². The summed E-state index contributed by atoms with van der Waals surface area (Å²) in [6.45, 7) is 0. The summed E-state index contributed by atoms with van der Waals surface area (Å²) in [5.41, 5.74) is 7.98. The van der Waals surface area contributed by atoms with Crippen LogP contribution in [0.3, 0.4) is 0 Å². The summed E-state index contributed by atoms with van der Waals surface area (Å²) >= 11 is 3.37. The second-order valence-electron chi connectivity index (χ2n) is 3.84. The lowest BCUT2D eigenvalue weighted by molar-refractivity contribution is 0.104. The molecule has 0 saturated carbocycles. The lowest BCUT2D eigenvalue weighted by Gasteiger charge is -2.00. The van der Waals surface area contributed by atoms with Gasteiger partial charge in [-0.05, 0) is 35.9 Å². The molecule has 0 unspecified atom stereocenters. The van der Waals surface area contributed by atoms with Crippen molar-refractivity contribution in [1.82, 2.24) is 0 Å². The van der Waals surface area contributed by atoms with Gasteiger partial charge in [0.05, 0.1) is 0 Å². The van der Waals surface area contributed by atoms with E-state index in [1.165, 1.54) is 6.08 Å². The van der Waals surface area contributed by atoms with Crippen molar-refractivity contribution in [3.63, 3.8) is 0 Å². The van der Waals surface area contributed by atoms with Gasteiger partial charge in [0.1, 0.15) is 0 Å². The Bertz CT molecular complexity index is 591. The van der Waals surface area contributed by atoms with Gasteiger partial charge in [0, 0.05) is 15.7 Å². The van der Waals surface area contributed by atoms with Crippen molar-refractivity contribution in [2.24, 2.45) is 0 Å². The van der Waals surface area contributed by atoms with Crippen LogP contribution in [0.2, 0.25) is 0 Å². The first-order valence-electron chi connectivity index (χ1n) is 5.49. The molecule has 2 rings (SSSR count). The second-order valence-corrected chi connectivity index (χ2v) is 4.75. The summed E-state index contributed by atoms with van der Waals surface area (Å²) in [6, 6.07) is 14.7. The predicted octanol–water partition coefficient (Wildman–Crippen LogP) is 3.93. The number of carbonyl (C=O) groups is 1. The predicted molar refractivity (Wildman–Crippen MR) is 78.4 cm³/mol. The molecule has 0 aromatic heterocycles. The topological polar surface area (TPSA) is 43.1 Å². The molecule has 0 heterocycles. The van der Waals surface area contributed by atoms with E-state index in [2.05, 4.69) is 15.9 Å². The summed E-state index contributed by atoms with van der Waals surface area (Å²) in [4.78, 5) is 11.9. The summed E-state index contributed by atoms with van der Waals surface area (Å²) in [6.07, 6.45) is 3.27. The number of anilines is 1. The van der Waals surface area contributed by atoms with Gasteiger partial charge in [0.2, 0.25) is 0 Å². The summed E-state index contributed by atoms with van der Waals surface area (Å²) in [5.74, 6) is -0.0324. The van der Waals surface area contributed by atoms with Gasteiger partial charge in [-0.15, -0.1) is 0 Å². The standard InChI is InChI=1S/C15H12BrNO/c16-13-7-8-14(17)12(10-13)6-9-15(18)11-4-2-1-3-5-11/h1-10H,17H2/b9-6+. The van der Waals surface area contributed by atoms with Gasteiger partial charge in [-0.3, -0.25) is 4.79 Å². The fourth-order valence-corrected chi connectivity index (χ4v) is 1.93. The first kappa shape index (κ1) is 12.6. The highest BCUT2D eigenvalue weighted by Crippen LogP contribution is 2.19. The molecule has 0 fully saturated rings. The number of carbonyl (C=O) groups excluding carboxylic acids is 1. The largest absolute Gasteiger partial charge is 0.398 e. The number of hydrogen-bond donors (Lipinski definition) is 1. The normalized spacial score (nSPS) is 10.7. The first-order valence-corrected chi connectivity index (χ1v) is 6.28. The monoisotopic (exact) mass is 301 g/mol. The van der Waals surface area contributed by atoms with E-state index in [1.54, 1.807) is 24.3 Å². The molecule has 2 aromatic rings. The molecule has 0 aliphatic carbocycles. The molecule has 0 radical (unpaired) electrons. The smallest absolute Gasteiger partial charge is 0.185 e. The molecule has 3 heteroatoms. The Hall–Kier alpha value is -1.87. The molecule has 0 spiro atoms. The maximum absolute atomic E-state index is 11.9. The highest BCUT2D eigenvalue weighted by atomic mass is 79.9. The fraction of sp³-hybridized carbons (Fsp3) is 0. The zero-order chi connectivity index (χ0) is 13.0. The molecule has 90 valence electrons. The molecular formula is C15H12BrNO. The molecule has 0 atom stereocenters. The maximum Gasteiger partial charge on any atom is 0.185 e. The number of hydrogen-bond acceptors (Lipinski definition) is 2. The quantitative estimate of drug-likeness (QED) is 0.530. The van der Waals surface area contributed by atoms with Gasteiger partial charge in [-0.25, -0.2) is 0 Å². The molecule has 2 nitrogen and oxygen atoms in total. The molecule has 0 amide bonds. The van der Waals surface area contributed by atoms with Crippen LogP contribution < -0.4 is 5.73 Å². The van der Waals surface area contributed by atoms with Crippen molar-refractivity contribution < 1.29 is 4.79 Å². The lowest BCUT2D eigenvalue weighted by Crippen LogP contribution is -1.94. The van der Waals surface area contributed by atoms with Gasteiger partial charge in [0.25, 0.3) is 0 Å². The molecule has 0 aliphatic heterocycles. The van der Waals surface area contributed by atoms with Crippen LogP contribution in [0.4, 0.5) is 5.69 Å². The van der Waals surface area contributed by atoms with Crippen molar-refractivity contribution in [2.75, 3.05) is 5.73 Å². The van der Waals surface area contributed by atoms with Crippen LogP contribution in [-0.2, 0) is 0 Å². The number of halogens is 1. The summed E-state index contributed by atoms with van der Waals surface area (Å²) < 4.78 is 0.934. The zero-order valence-electron chi connectivity index (χ0n) is 9.64. The maximum atomic E-state index is 11.9. The average molecular weight is 302 g/mol. The molecule has 0 saturated heterocycles. The molecular weight excluding hydrogens is 290 g/mol. The Balaban J connectivity index is 2.21. The molecule has 18 heavy (non-hydrogen) atoms. The van der Waals surface area contributed by atoms with Crippen LogP contribution in [0.15, 0.2) is 59.1 Å². The van der Waals surface area contributed by atoms with Crippen molar-refractivity contribution in [1.29, 1.82) is 0 Å². The van der Waals surface area contributed by atoms with E-state index in [0.717, 1.165) is 10.0 Å². The summed E-state index contributed by atoms with van der Waals surface area (Å²) in [5, 5.41) is 0. The Morgan fingerprint density at radius 3 is 2.56 bits per heavy atom. The van der Waals surface area contributed by atoms with Crippen molar-refractivity contribution in [3.8, 4) is 0 Å². The van der Waals surface area contributed by atoms with Crippen molar-refractivity contribution in [2.45, 2.75) is 0 Å². The molecule has 2 aromatic carbocycles. The van der Waals surface area contributed by atoms with Crippen LogP contribution in [0.25, 0.3) is 6.08 Å². The number of allylic oxidation sites excluding steroid dienone is 1. The van der Waals surface area contributed by atoms with Crippen LogP contribution in [-0.4, -0.2) is 5.78 Å². The van der Waals surface area contributed by atoms with Gasteiger partial charge >= 0.3 is 0 Å². The zero-order valence-corrected chi connectivity index (χ0v) is 11.2. The fourth-order valence-electron chi connectivity index (χ4n) is 1.55. The summed E-state index contributed by atoms with van der Waals surface area (Å²) in [7, 11) is 0. The van der Waals surface area contributed by atoms with Crippen LogP contribution >= 0.6 is 15.9 Å². The van der Waals surface area contributed by atoms with Gasteiger partial charge in [-0.1, -0.05) is 46.3 Å². The van der Waals surface area contributed by atoms with E-state index >= 15 is 0 Å². The molecule has 0 bridgehead atoms. The van der Waals surface area contributed by atoms with Crippen molar-refractivity contribution in [3.05, 3.63) is 70.2 Å². The molecule has 0 aliphatic rings. The van der Waals surface area contributed by atoms with E-state index < -0.39 is 0 Å². The number of ketones is 1. The van der Waals surface area contributed by atoms with Crippen LogP contribution in [0.1, 0.15) is 15.9 Å². The number of rotatable bonds is 3. The Labute approximate surface area is 114 Å². The minimum atomic E-state index is -0.0324. The first-order chi connectivity index (χ1) is 8.66. The Kier molecular flexibility index (Phi) is 3.95. The van der Waals surface area contributed by atoms with Crippen LogP contribution in [0, 0.1) is 0 Å². The van der Waals surface area contributed by atoms with Gasteiger partial charge < -0.3 is 5.73 Å². The average Bonchev–Trinajstić information content (AvgIpc) is 2.40. The van der Waals surface area contributed by atoms with E-state index in [1.807, 2.05) is 30.3 Å². The minimum Gasteiger partial charge on any atom is -0.398 e. The van der Waals surface area contributed by atoms with E-state index in [9.17, 15) is 4.79 Å². The minimum absolute atomic E-state index is 0.0324. The highest BCUT2D eigenvalue weighted by Gasteiger charge is 2.01. The van der Waals surface area contributed by atoms with E-state index in [0.29, 0.717) is 11.3 Å². The number of nitrogens with two attached hydrogens (primary N) is 1. The molecule has 2 N–H and O–H groups in total. The second kappa shape index (κ2) is 5.65. The Morgan fingerprint density at radius 1 is 1.11 bits per heavy atom. The lowest BCUT2D eigenvalue weighted by atomic mass is 10.1. The Morgan fingerprint density at radius 2 is 1.83 bits per heavy atom. The third-order valence-electron chi connectivity index (χ3n) is 2.52. The SMILES string of the molecule is Nc1ccc(Br)cc1/C=C/C(=O)c1ccccc1. The third kappa shape index (κ3) is 3.08. The van der Waals surface area contributed by atoms with Crippen molar-refractivity contribution >= 4 is 33.5 Å². The van der Waals surface area contributed by atoms with E-state index in [-0.39, 0.29) is 5.78 Å². The van der Waals surface area contributed by atoms with Crippen LogP contribution in [0.5, 0.6) is 0 Å². The number of benzene rings is 2. The van der Waals surface area contributed by atoms with Gasteiger partial charge in [0.15, 0.2) is 5.78 Å². The highest BCUT2D eigenvalue weighted by molar-refractivity contribution is 9.10. The van der Waals surface area contributed by atoms with E-state index in [4.69, 9.17) is 5.73 Å².